The van der Waals surface area contributed by atoms with Gasteiger partial charge in [0.2, 0.25) is 11.9 Å². The zero-order chi connectivity index (χ0) is 61.3. The Labute approximate surface area is 540 Å². The van der Waals surface area contributed by atoms with Gasteiger partial charge in [-0.2, -0.15) is 0 Å². The molecular formula is C86H49N7S. The van der Waals surface area contributed by atoms with Crippen molar-refractivity contribution in [3.8, 4) is 51.2 Å². The van der Waals surface area contributed by atoms with E-state index in [2.05, 4.69) is 311 Å². The Morgan fingerprint density at radius 1 is 0.245 bits per heavy atom. The van der Waals surface area contributed by atoms with Crippen molar-refractivity contribution >= 4 is 162 Å². The summed E-state index contributed by atoms with van der Waals surface area (Å²) in [5, 5.41) is 21.0. The molecule has 0 atom stereocenters. The monoisotopic (exact) mass is 1210 g/mol. The number of hydrogen-bond donors (Lipinski definition) is 0. The highest BCUT2D eigenvalue weighted by atomic mass is 32.1. The van der Waals surface area contributed by atoms with Crippen molar-refractivity contribution in [2.24, 2.45) is 0 Å². The van der Waals surface area contributed by atoms with Gasteiger partial charge in [-0.15, -0.1) is 11.3 Å². The molecule has 6 heterocycles. The minimum absolute atomic E-state index is 0.619. The van der Waals surface area contributed by atoms with Crippen LogP contribution in [-0.4, -0.2) is 33.6 Å². The first-order chi connectivity index (χ1) is 46.6. The smallest absolute Gasteiger partial charge is 0.235 e. The molecule has 6 aromatic heterocycles. The molecule has 0 saturated heterocycles. The van der Waals surface area contributed by atoms with Gasteiger partial charge in [0.1, 0.15) is 0 Å². The SMILES string of the molecule is c1ccc(-n2c3ccccc3c3c4ccccc4c4c5ccccc5n(-c5nc(-c6ccc7cc(-c8ccc9c(c8)c8c%10ccccc%10n(-c%10nc(-c%11ccc%12ccccc%12c%11)c%11ccccc%11n%10)c8c8sc%10ccccc%10c98)ccc7c6)c6ccccc6n5)c4c32)cc1. The number of hydrogen-bond acceptors (Lipinski definition) is 5. The Bertz CT molecular complexity index is 6870. The molecule has 0 fully saturated rings. The summed E-state index contributed by atoms with van der Waals surface area (Å²) in [6.07, 6.45) is 0. The zero-order valence-corrected chi connectivity index (χ0v) is 51.1. The van der Waals surface area contributed by atoms with Gasteiger partial charge in [0, 0.05) is 75.4 Å². The van der Waals surface area contributed by atoms with Crippen LogP contribution in [0.25, 0.3) is 202 Å². The number of thiophene rings is 1. The number of para-hydroxylation sites is 6. The molecule has 94 heavy (non-hydrogen) atoms. The molecule has 0 unspecified atom stereocenters. The van der Waals surface area contributed by atoms with Crippen LogP contribution in [0.4, 0.5) is 0 Å². The second kappa shape index (κ2) is 19.6. The van der Waals surface area contributed by atoms with Gasteiger partial charge in [0.25, 0.3) is 0 Å². The molecule has 21 aromatic rings. The molecule has 0 N–H and O–H groups in total. The highest BCUT2D eigenvalue weighted by Crippen LogP contribution is 2.51. The lowest BCUT2D eigenvalue weighted by atomic mass is 9.94. The van der Waals surface area contributed by atoms with Crippen LogP contribution in [0, 0.1) is 0 Å². The minimum Gasteiger partial charge on any atom is -0.307 e. The maximum Gasteiger partial charge on any atom is 0.235 e. The van der Waals surface area contributed by atoms with E-state index in [1.165, 1.54) is 74.0 Å². The Balaban J connectivity index is 0.750. The van der Waals surface area contributed by atoms with Crippen molar-refractivity contribution in [3.05, 3.63) is 297 Å². The average Bonchev–Trinajstić information content (AvgIpc) is 1.54. The van der Waals surface area contributed by atoms with Crippen LogP contribution in [0.2, 0.25) is 0 Å². The molecule has 0 aliphatic carbocycles. The minimum atomic E-state index is 0.619. The largest absolute Gasteiger partial charge is 0.307 e. The molecule has 15 aromatic carbocycles. The summed E-state index contributed by atoms with van der Waals surface area (Å²) < 4.78 is 9.59. The molecule has 0 spiro atoms. The Hall–Kier alpha value is -12.4. The van der Waals surface area contributed by atoms with E-state index in [4.69, 9.17) is 19.9 Å². The number of rotatable bonds is 6. The van der Waals surface area contributed by atoms with E-state index in [9.17, 15) is 0 Å². The quantitative estimate of drug-likeness (QED) is 0.166. The van der Waals surface area contributed by atoms with Crippen LogP contribution in [-0.2, 0) is 0 Å². The zero-order valence-electron chi connectivity index (χ0n) is 50.3. The molecule has 434 valence electrons. The predicted octanol–water partition coefficient (Wildman–Crippen LogP) is 22.8. The third kappa shape index (κ3) is 7.31. The van der Waals surface area contributed by atoms with Crippen molar-refractivity contribution in [2.45, 2.75) is 0 Å². The molecule has 0 radical (unpaired) electrons. The summed E-state index contributed by atoms with van der Waals surface area (Å²) in [7, 11) is 0. The van der Waals surface area contributed by atoms with Gasteiger partial charge in [-0.05, 0) is 127 Å². The standard InChI is InChI=1S/C86H49N7S/c1-2-22-58(23-3-1)91-71-34-16-10-28-64(71)75-59-24-6-7-25-60(59)76-65-29-11-17-35-72(65)92(82(76)81(75)91)85-87-69-32-14-8-26-62(69)80(89-85)57-43-41-52-46-53(39-40-54(52)48-57)55-44-45-61-68(49-55)77-66-30-12-18-36-73(66)93(83(77)84-78(61)67-31-13-19-37-74(67)94-84)86-88-70-33-15-9-27-63(70)79(90-86)56-42-38-50-20-4-5-21-51(50)47-56/h1-49H. The summed E-state index contributed by atoms with van der Waals surface area (Å²) in [5.74, 6) is 1.26. The Morgan fingerprint density at radius 3 is 1.27 bits per heavy atom. The van der Waals surface area contributed by atoms with Crippen molar-refractivity contribution in [1.29, 1.82) is 0 Å². The lowest BCUT2D eigenvalue weighted by Gasteiger charge is -2.15. The van der Waals surface area contributed by atoms with Crippen LogP contribution in [0.15, 0.2) is 297 Å². The fourth-order valence-corrected chi connectivity index (χ4v) is 16.9. The van der Waals surface area contributed by atoms with Crippen LogP contribution in [0.1, 0.15) is 0 Å². The first kappa shape index (κ1) is 51.4. The fraction of sp³-hybridized carbons (Fsp3) is 0. The summed E-state index contributed by atoms with van der Waals surface area (Å²) in [6.45, 7) is 0. The second-order valence-electron chi connectivity index (χ2n) is 24.8. The number of nitrogens with zero attached hydrogens (tertiary/aromatic N) is 7. The highest BCUT2D eigenvalue weighted by Gasteiger charge is 2.28. The maximum absolute atomic E-state index is 5.74. The van der Waals surface area contributed by atoms with Crippen molar-refractivity contribution in [3.63, 3.8) is 0 Å². The normalized spacial score (nSPS) is 12.3. The van der Waals surface area contributed by atoms with E-state index in [1.54, 1.807) is 0 Å². The number of benzene rings is 15. The summed E-state index contributed by atoms with van der Waals surface area (Å²) in [4.78, 5) is 22.3. The average molecular weight is 1210 g/mol. The summed E-state index contributed by atoms with van der Waals surface area (Å²) >= 11 is 1.85. The molecular weight excluding hydrogens is 1160 g/mol. The van der Waals surface area contributed by atoms with Crippen LogP contribution in [0.3, 0.4) is 0 Å². The van der Waals surface area contributed by atoms with E-state index >= 15 is 0 Å². The number of aromatic nitrogens is 7. The molecule has 8 heteroatoms. The van der Waals surface area contributed by atoms with Crippen LogP contribution in [0.5, 0.6) is 0 Å². The second-order valence-corrected chi connectivity index (χ2v) is 25.8. The van der Waals surface area contributed by atoms with E-state index in [0.29, 0.717) is 11.9 Å². The third-order valence-electron chi connectivity index (χ3n) is 19.8. The molecule has 21 rings (SSSR count). The summed E-state index contributed by atoms with van der Waals surface area (Å²) in [6, 6.07) is 108. The predicted molar refractivity (Wildman–Crippen MR) is 395 cm³/mol. The number of fused-ring (bicyclic) bond motifs is 24. The van der Waals surface area contributed by atoms with Gasteiger partial charge in [-0.3, -0.25) is 9.13 Å². The third-order valence-corrected chi connectivity index (χ3v) is 20.9. The lowest BCUT2D eigenvalue weighted by Crippen LogP contribution is -2.05. The molecule has 0 saturated carbocycles. The van der Waals surface area contributed by atoms with Gasteiger partial charge >= 0.3 is 0 Å². The van der Waals surface area contributed by atoms with Crippen molar-refractivity contribution in [1.82, 2.24) is 33.6 Å². The maximum atomic E-state index is 5.74. The van der Waals surface area contributed by atoms with Crippen LogP contribution >= 0.6 is 11.3 Å². The molecule has 0 aliphatic heterocycles. The first-order valence-electron chi connectivity index (χ1n) is 31.9. The fourth-order valence-electron chi connectivity index (χ4n) is 15.7. The highest BCUT2D eigenvalue weighted by molar-refractivity contribution is 7.27. The van der Waals surface area contributed by atoms with Gasteiger partial charge in [-0.1, -0.05) is 224 Å². The lowest BCUT2D eigenvalue weighted by molar-refractivity contribution is 1.01. The van der Waals surface area contributed by atoms with E-state index < -0.39 is 0 Å². The Morgan fingerprint density at radius 2 is 0.649 bits per heavy atom. The van der Waals surface area contributed by atoms with Crippen molar-refractivity contribution in [2.75, 3.05) is 0 Å². The molecule has 0 bridgehead atoms. The first-order valence-corrected chi connectivity index (χ1v) is 32.8. The van der Waals surface area contributed by atoms with Gasteiger partial charge in [0.15, 0.2) is 0 Å². The van der Waals surface area contributed by atoms with Gasteiger partial charge in [0.05, 0.1) is 60.2 Å². The van der Waals surface area contributed by atoms with Crippen LogP contribution < -0.4 is 0 Å². The van der Waals surface area contributed by atoms with Gasteiger partial charge in [-0.25, -0.2) is 19.9 Å². The molecule has 0 aliphatic rings. The Kier molecular flexibility index (Phi) is 10.7. The topological polar surface area (TPSA) is 66.3 Å². The molecule has 7 nitrogen and oxygen atoms in total. The van der Waals surface area contributed by atoms with E-state index in [1.807, 2.05) is 11.3 Å². The summed E-state index contributed by atoms with van der Waals surface area (Å²) in [5.41, 5.74) is 15.6. The van der Waals surface area contributed by atoms with E-state index in [0.717, 1.165) is 116 Å². The van der Waals surface area contributed by atoms with Gasteiger partial charge < -0.3 is 4.57 Å². The molecule has 0 amide bonds. The van der Waals surface area contributed by atoms with Crippen molar-refractivity contribution < 1.29 is 0 Å². The van der Waals surface area contributed by atoms with E-state index in [-0.39, 0.29) is 0 Å².